The van der Waals surface area contributed by atoms with Gasteiger partial charge in [-0.3, -0.25) is 0 Å². The van der Waals surface area contributed by atoms with E-state index in [2.05, 4.69) is 36.9 Å². The summed E-state index contributed by atoms with van der Waals surface area (Å²) in [5.41, 5.74) is 13.2. The quantitative estimate of drug-likeness (QED) is 0.726. The largest absolute Gasteiger partial charge is 0.398 e. The Bertz CT molecular complexity index is 660. The van der Waals surface area contributed by atoms with E-state index in [1.165, 1.54) is 27.9 Å². The minimum atomic E-state index is 0.711. The topological polar surface area (TPSA) is 29.3 Å². The van der Waals surface area contributed by atoms with E-state index in [4.69, 9.17) is 17.3 Å². The molecule has 0 aromatic heterocycles. The first-order valence-corrected chi connectivity index (χ1v) is 7.48. The summed E-state index contributed by atoms with van der Waals surface area (Å²) in [4.78, 5) is 2.35. The van der Waals surface area contributed by atoms with Gasteiger partial charge in [-0.25, -0.2) is 0 Å². The van der Waals surface area contributed by atoms with Gasteiger partial charge in [0, 0.05) is 35.9 Å². The van der Waals surface area contributed by atoms with E-state index in [0.29, 0.717) is 5.02 Å². The van der Waals surface area contributed by atoms with Crippen molar-refractivity contribution in [3.8, 4) is 11.1 Å². The number of halogens is 1. The van der Waals surface area contributed by atoms with Crippen LogP contribution in [0.4, 0.5) is 11.4 Å². The molecular formula is C17H19ClN2. The molecule has 0 atom stereocenters. The van der Waals surface area contributed by atoms with Crippen LogP contribution in [-0.2, 0) is 6.42 Å². The van der Waals surface area contributed by atoms with Gasteiger partial charge in [-0.1, -0.05) is 17.7 Å². The predicted molar refractivity (Wildman–Crippen MR) is 87.7 cm³/mol. The van der Waals surface area contributed by atoms with E-state index >= 15 is 0 Å². The molecule has 20 heavy (non-hydrogen) atoms. The van der Waals surface area contributed by atoms with Gasteiger partial charge in [-0.05, 0) is 60.4 Å². The Morgan fingerprint density at radius 1 is 1.10 bits per heavy atom. The summed E-state index contributed by atoms with van der Waals surface area (Å²) >= 11 is 6.16. The summed E-state index contributed by atoms with van der Waals surface area (Å²) in [5.74, 6) is 0. The van der Waals surface area contributed by atoms with Gasteiger partial charge in [0.25, 0.3) is 0 Å². The maximum Gasteiger partial charge on any atom is 0.0432 e. The third kappa shape index (κ3) is 2.04. The van der Waals surface area contributed by atoms with Gasteiger partial charge < -0.3 is 10.6 Å². The first-order chi connectivity index (χ1) is 9.63. The monoisotopic (exact) mass is 286 g/mol. The summed E-state index contributed by atoms with van der Waals surface area (Å²) < 4.78 is 0. The van der Waals surface area contributed by atoms with Crippen molar-refractivity contribution in [2.24, 2.45) is 0 Å². The van der Waals surface area contributed by atoms with Crippen LogP contribution in [-0.4, -0.2) is 13.1 Å². The van der Waals surface area contributed by atoms with Gasteiger partial charge in [0.2, 0.25) is 0 Å². The van der Waals surface area contributed by atoms with Crippen LogP contribution in [0.3, 0.4) is 0 Å². The SMILES string of the molecule is CCN(CC)c1ccc2c(c1)-c1cc(Cl)cc(N)c1C2. The van der Waals surface area contributed by atoms with Crippen molar-refractivity contribution in [3.05, 3.63) is 46.5 Å². The van der Waals surface area contributed by atoms with Gasteiger partial charge in [0.05, 0.1) is 0 Å². The minimum absolute atomic E-state index is 0.711. The summed E-state index contributed by atoms with van der Waals surface area (Å²) in [7, 11) is 0. The maximum atomic E-state index is 6.16. The molecule has 0 bridgehead atoms. The Morgan fingerprint density at radius 2 is 1.85 bits per heavy atom. The molecule has 0 fully saturated rings. The van der Waals surface area contributed by atoms with Crippen molar-refractivity contribution >= 4 is 23.0 Å². The fraction of sp³-hybridized carbons (Fsp3) is 0.294. The molecule has 0 saturated carbocycles. The molecule has 3 heteroatoms. The molecular weight excluding hydrogens is 268 g/mol. The zero-order chi connectivity index (χ0) is 14.3. The van der Waals surface area contributed by atoms with Gasteiger partial charge in [-0.2, -0.15) is 0 Å². The van der Waals surface area contributed by atoms with Crippen molar-refractivity contribution < 1.29 is 0 Å². The molecule has 104 valence electrons. The highest BCUT2D eigenvalue weighted by molar-refractivity contribution is 6.31. The fourth-order valence-corrected chi connectivity index (χ4v) is 3.27. The Labute approximate surface area is 125 Å². The molecule has 0 saturated heterocycles. The van der Waals surface area contributed by atoms with Gasteiger partial charge >= 0.3 is 0 Å². The van der Waals surface area contributed by atoms with Crippen LogP contribution < -0.4 is 10.6 Å². The van der Waals surface area contributed by atoms with Gasteiger partial charge in [0.15, 0.2) is 0 Å². The summed E-state index contributed by atoms with van der Waals surface area (Å²) in [6.07, 6.45) is 0.909. The van der Waals surface area contributed by atoms with Gasteiger partial charge in [0.1, 0.15) is 0 Å². The number of nitrogen functional groups attached to an aromatic ring is 1. The van der Waals surface area contributed by atoms with E-state index in [9.17, 15) is 0 Å². The Hall–Kier alpha value is -1.67. The Morgan fingerprint density at radius 3 is 2.55 bits per heavy atom. The van der Waals surface area contributed by atoms with E-state index in [1.807, 2.05) is 12.1 Å². The number of anilines is 2. The summed E-state index contributed by atoms with van der Waals surface area (Å²) in [5, 5.41) is 0.711. The minimum Gasteiger partial charge on any atom is -0.398 e. The standard InChI is InChI=1S/C17H19ClN2/c1-3-20(4-2)13-6-5-11-7-16-15(14(11)10-13)8-12(18)9-17(16)19/h5-6,8-10H,3-4,7,19H2,1-2H3. The number of hydrogen-bond donors (Lipinski definition) is 1. The second-order valence-corrected chi connectivity index (χ2v) is 5.65. The second kappa shape index (κ2) is 5.02. The molecule has 0 aliphatic heterocycles. The average Bonchev–Trinajstić information content (AvgIpc) is 2.79. The van der Waals surface area contributed by atoms with Crippen LogP contribution in [0.1, 0.15) is 25.0 Å². The van der Waals surface area contributed by atoms with Crippen molar-refractivity contribution in [1.82, 2.24) is 0 Å². The average molecular weight is 287 g/mol. The molecule has 0 spiro atoms. The third-order valence-corrected chi connectivity index (χ3v) is 4.35. The normalized spacial score (nSPS) is 12.2. The molecule has 2 aromatic carbocycles. The molecule has 0 heterocycles. The predicted octanol–water partition coefficient (Wildman–Crippen LogP) is 4.34. The van der Waals surface area contributed by atoms with E-state index in [1.54, 1.807) is 0 Å². The Balaban J connectivity index is 2.13. The van der Waals surface area contributed by atoms with Crippen LogP contribution in [0.25, 0.3) is 11.1 Å². The van der Waals surface area contributed by atoms with Crippen molar-refractivity contribution in [2.45, 2.75) is 20.3 Å². The van der Waals surface area contributed by atoms with Crippen LogP contribution in [0, 0.1) is 0 Å². The highest BCUT2D eigenvalue weighted by atomic mass is 35.5. The lowest BCUT2D eigenvalue weighted by atomic mass is 10.0. The lowest BCUT2D eigenvalue weighted by Gasteiger charge is -2.21. The zero-order valence-corrected chi connectivity index (χ0v) is 12.7. The lowest BCUT2D eigenvalue weighted by molar-refractivity contribution is 0.866. The summed E-state index contributed by atoms with van der Waals surface area (Å²) in [6.45, 7) is 6.39. The summed E-state index contributed by atoms with van der Waals surface area (Å²) in [6, 6.07) is 10.6. The highest BCUT2D eigenvalue weighted by Crippen LogP contribution is 2.42. The van der Waals surface area contributed by atoms with Crippen LogP contribution >= 0.6 is 11.6 Å². The number of nitrogens with zero attached hydrogens (tertiary/aromatic N) is 1. The first kappa shape index (κ1) is 13.3. The van der Waals surface area contributed by atoms with Crippen molar-refractivity contribution in [3.63, 3.8) is 0 Å². The van der Waals surface area contributed by atoms with Crippen LogP contribution in [0.5, 0.6) is 0 Å². The Kier molecular flexibility index (Phi) is 3.35. The molecule has 0 unspecified atom stereocenters. The van der Waals surface area contributed by atoms with E-state index in [0.717, 1.165) is 25.2 Å². The van der Waals surface area contributed by atoms with E-state index in [-0.39, 0.29) is 0 Å². The van der Waals surface area contributed by atoms with Gasteiger partial charge in [-0.15, -0.1) is 0 Å². The number of hydrogen-bond acceptors (Lipinski definition) is 2. The number of benzene rings is 2. The van der Waals surface area contributed by atoms with Crippen LogP contribution in [0.2, 0.25) is 5.02 Å². The van der Waals surface area contributed by atoms with E-state index < -0.39 is 0 Å². The number of rotatable bonds is 3. The molecule has 2 aromatic rings. The molecule has 3 rings (SSSR count). The second-order valence-electron chi connectivity index (χ2n) is 5.21. The zero-order valence-electron chi connectivity index (χ0n) is 11.9. The highest BCUT2D eigenvalue weighted by Gasteiger charge is 2.22. The molecule has 0 amide bonds. The van der Waals surface area contributed by atoms with Crippen molar-refractivity contribution in [1.29, 1.82) is 0 Å². The molecule has 2 N–H and O–H groups in total. The fourth-order valence-electron chi connectivity index (χ4n) is 3.04. The third-order valence-electron chi connectivity index (χ3n) is 4.13. The number of fused-ring (bicyclic) bond motifs is 3. The molecule has 0 radical (unpaired) electrons. The molecule has 1 aliphatic rings. The lowest BCUT2D eigenvalue weighted by Crippen LogP contribution is -2.21. The molecule has 2 nitrogen and oxygen atoms in total. The number of nitrogens with two attached hydrogens (primary N) is 1. The van der Waals surface area contributed by atoms with Crippen molar-refractivity contribution in [2.75, 3.05) is 23.7 Å². The maximum absolute atomic E-state index is 6.16. The first-order valence-electron chi connectivity index (χ1n) is 7.10. The molecule has 1 aliphatic carbocycles. The van der Waals surface area contributed by atoms with Crippen LogP contribution in [0.15, 0.2) is 30.3 Å². The smallest absolute Gasteiger partial charge is 0.0432 e.